The highest BCUT2D eigenvalue weighted by atomic mass is 79.9. The van der Waals surface area contributed by atoms with Crippen LogP contribution in [0.15, 0.2) is 22.7 Å². The number of benzene rings is 1. The number of hydrogen-bond donors (Lipinski definition) is 0. The molecule has 6 heteroatoms. The summed E-state index contributed by atoms with van der Waals surface area (Å²) in [7, 11) is 2.06. The first-order chi connectivity index (χ1) is 9.56. The topological polar surface area (TPSA) is 49.6 Å². The fourth-order valence-electron chi connectivity index (χ4n) is 2.51. The third-order valence-corrected chi connectivity index (χ3v) is 4.33. The zero-order valence-electron chi connectivity index (χ0n) is 11.7. The van der Waals surface area contributed by atoms with Crippen LogP contribution in [0.4, 0.5) is 5.69 Å². The summed E-state index contributed by atoms with van der Waals surface area (Å²) in [5, 5.41) is 10.9. The van der Waals surface area contributed by atoms with E-state index in [9.17, 15) is 10.1 Å². The van der Waals surface area contributed by atoms with Crippen molar-refractivity contribution in [3.63, 3.8) is 0 Å². The SMILES string of the molecule is CN(CCN1CCCC1)Cc1ccc(Br)c([N+](=O)[O-])c1. The molecule has 1 aliphatic heterocycles. The molecule has 2 rings (SSSR count). The Kier molecular flexibility index (Phi) is 5.51. The maximum atomic E-state index is 10.9. The second-order valence-electron chi connectivity index (χ2n) is 5.33. The molecular weight excluding hydrogens is 322 g/mol. The number of likely N-dealkylation sites (tertiary alicyclic amines) is 1. The highest BCUT2D eigenvalue weighted by molar-refractivity contribution is 9.10. The van der Waals surface area contributed by atoms with Crippen LogP contribution in [0.25, 0.3) is 0 Å². The van der Waals surface area contributed by atoms with Crippen LogP contribution in [-0.4, -0.2) is 47.9 Å². The number of halogens is 1. The van der Waals surface area contributed by atoms with Gasteiger partial charge in [-0.05, 0) is 60.5 Å². The minimum Gasteiger partial charge on any atom is -0.302 e. The predicted molar refractivity (Wildman–Crippen MR) is 82.8 cm³/mol. The van der Waals surface area contributed by atoms with E-state index in [0.717, 1.165) is 25.2 Å². The summed E-state index contributed by atoms with van der Waals surface area (Å²) in [6.07, 6.45) is 2.62. The number of rotatable bonds is 6. The second kappa shape index (κ2) is 7.15. The number of nitrogens with zero attached hydrogens (tertiary/aromatic N) is 3. The van der Waals surface area contributed by atoms with Crippen LogP contribution in [0.5, 0.6) is 0 Å². The molecule has 1 aromatic carbocycles. The van der Waals surface area contributed by atoms with Gasteiger partial charge in [-0.1, -0.05) is 6.07 Å². The van der Waals surface area contributed by atoms with E-state index in [1.54, 1.807) is 12.1 Å². The molecular formula is C14H20BrN3O2. The lowest BCUT2D eigenvalue weighted by atomic mass is 10.2. The van der Waals surface area contributed by atoms with E-state index in [4.69, 9.17) is 0 Å². The first kappa shape index (κ1) is 15.4. The van der Waals surface area contributed by atoms with Crippen LogP contribution in [0, 0.1) is 10.1 Å². The van der Waals surface area contributed by atoms with Gasteiger partial charge in [-0.15, -0.1) is 0 Å². The van der Waals surface area contributed by atoms with E-state index >= 15 is 0 Å². The van der Waals surface area contributed by atoms with E-state index in [1.165, 1.54) is 25.9 Å². The van der Waals surface area contributed by atoms with Gasteiger partial charge in [0.2, 0.25) is 0 Å². The number of nitro benzene ring substituents is 1. The maximum absolute atomic E-state index is 10.9. The number of likely N-dealkylation sites (N-methyl/N-ethyl adjacent to an activating group) is 1. The Morgan fingerprint density at radius 3 is 2.75 bits per heavy atom. The largest absolute Gasteiger partial charge is 0.302 e. The molecule has 0 unspecified atom stereocenters. The molecule has 0 aromatic heterocycles. The van der Waals surface area contributed by atoms with Gasteiger partial charge in [-0.2, -0.15) is 0 Å². The van der Waals surface area contributed by atoms with Gasteiger partial charge in [0, 0.05) is 25.7 Å². The fraction of sp³-hybridized carbons (Fsp3) is 0.571. The molecule has 0 N–H and O–H groups in total. The Hall–Kier alpha value is -0.980. The predicted octanol–water partition coefficient (Wildman–Crippen LogP) is 2.88. The Labute approximate surface area is 127 Å². The van der Waals surface area contributed by atoms with E-state index in [2.05, 4.69) is 32.8 Å². The molecule has 110 valence electrons. The van der Waals surface area contributed by atoms with Crippen LogP contribution >= 0.6 is 15.9 Å². The van der Waals surface area contributed by atoms with Crippen LogP contribution in [0.3, 0.4) is 0 Å². The number of nitro groups is 1. The van der Waals surface area contributed by atoms with Crippen LogP contribution in [0.2, 0.25) is 0 Å². The molecule has 0 radical (unpaired) electrons. The Morgan fingerprint density at radius 2 is 2.10 bits per heavy atom. The summed E-state index contributed by atoms with van der Waals surface area (Å²) >= 11 is 3.21. The molecule has 1 fully saturated rings. The zero-order chi connectivity index (χ0) is 14.5. The van der Waals surface area contributed by atoms with Crippen molar-refractivity contribution in [2.45, 2.75) is 19.4 Å². The van der Waals surface area contributed by atoms with Crippen molar-refractivity contribution in [1.82, 2.24) is 9.80 Å². The van der Waals surface area contributed by atoms with Crippen LogP contribution in [-0.2, 0) is 6.54 Å². The standard InChI is InChI=1S/C14H20BrN3O2/c1-16(8-9-17-6-2-3-7-17)11-12-4-5-13(15)14(10-12)18(19)20/h4-5,10H,2-3,6-9,11H2,1H3. The van der Waals surface area contributed by atoms with Gasteiger partial charge in [-0.3, -0.25) is 10.1 Å². The summed E-state index contributed by atoms with van der Waals surface area (Å²) in [6.45, 7) is 5.22. The van der Waals surface area contributed by atoms with Crippen molar-refractivity contribution in [2.24, 2.45) is 0 Å². The molecule has 1 saturated heterocycles. The smallest absolute Gasteiger partial charge is 0.283 e. The first-order valence-corrected chi connectivity index (χ1v) is 7.69. The maximum Gasteiger partial charge on any atom is 0.283 e. The van der Waals surface area contributed by atoms with E-state index < -0.39 is 0 Å². The summed E-state index contributed by atoms with van der Waals surface area (Å²) < 4.78 is 0.533. The zero-order valence-corrected chi connectivity index (χ0v) is 13.3. The molecule has 0 amide bonds. The third-order valence-electron chi connectivity index (χ3n) is 3.66. The molecule has 5 nitrogen and oxygen atoms in total. The van der Waals surface area contributed by atoms with Crippen LogP contribution < -0.4 is 0 Å². The average molecular weight is 342 g/mol. The molecule has 0 bridgehead atoms. The molecule has 0 atom stereocenters. The molecule has 0 spiro atoms. The lowest BCUT2D eigenvalue weighted by Gasteiger charge is -2.21. The molecule has 1 aromatic rings. The number of hydrogen-bond acceptors (Lipinski definition) is 4. The Balaban J connectivity index is 1.88. The van der Waals surface area contributed by atoms with Crippen molar-refractivity contribution >= 4 is 21.6 Å². The lowest BCUT2D eigenvalue weighted by molar-refractivity contribution is -0.385. The minimum absolute atomic E-state index is 0.135. The van der Waals surface area contributed by atoms with Gasteiger partial charge < -0.3 is 9.80 Å². The van der Waals surface area contributed by atoms with Gasteiger partial charge >= 0.3 is 0 Å². The van der Waals surface area contributed by atoms with E-state index in [1.807, 2.05) is 6.07 Å². The first-order valence-electron chi connectivity index (χ1n) is 6.90. The van der Waals surface area contributed by atoms with Gasteiger partial charge in [0.15, 0.2) is 0 Å². The lowest BCUT2D eigenvalue weighted by Crippen LogP contribution is -2.31. The van der Waals surface area contributed by atoms with Crippen molar-refractivity contribution in [3.05, 3.63) is 38.3 Å². The highest BCUT2D eigenvalue weighted by Gasteiger charge is 2.14. The molecule has 0 aliphatic carbocycles. The summed E-state index contributed by atoms with van der Waals surface area (Å²) in [6, 6.07) is 5.33. The quantitative estimate of drug-likeness (QED) is 0.589. The van der Waals surface area contributed by atoms with Crippen molar-refractivity contribution < 1.29 is 4.92 Å². The van der Waals surface area contributed by atoms with E-state index in [0.29, 0.717) is 4.47 Å². The summed E-state index contributed by atoms with van der Waals surface area (Å²) in [4.78, 5) is 15.3. The third kappa shape index (κ3) is 4.26. The molecule has 20 heavy (non-hydrogen) atoms. The molecule has 0 saturated carbocycles. The van der Waals surface area contributed by atoms with Gasteiger partial charge in [0.05, 0.1) is 9.40 Å². The molecule has 1 aliphatic rings. The molecule has 1 heterocycles. The van der Waals surface area contributed by atoms with E-state index in [-0.39, 0.29) is 10.6 Å². The van der Waals surface area contributed by atoms with Gasteiger partial charge in [-0.25, -0.2) is 0 Å². The van der Waals surface area contributed by atoms with Crippen molar-refractivity contribution in [1.29, 1.82) is 0 Å². The monoisotopic (exact) mass is 341 g/mol. The Bertz CT molecular complexity index is 475. The van der Waals surface area contributed by atoms with Crippen molar-refractivity contribution in [3.8, 4) is 0 Å². The average Bonchev–Trinajstić information content (AvgIpc) is 2.91. The van der Waals surface area contributed by atoms with Gasteiger partial charge in [0.1, 0.15) is 0 Å². The van der Waals surface area contributed by atoms with Crippen LogP contribution in [0.1, 0.15) is 18.4 Å². The summed E-state index contributed by atoms with van der Waals surface area (Å²) in [5.41, 5.74) is 1.11. The Morgan fingerprint density at radius 1 is 1.40 bits per heavy atom. The minimum atomic E-state index is -0.349. The normalized spacial score (nSPS) is 15.9. The van der Waals surface area contributed by atoms with Crippen molar-refractivity contribution in [2.75, 3.05) is 33.2 Å². The van der Waals surface area contributed by atoms with Gasteiger partial charge in [0.25, 0.3) is 5.69 Å². The highest BCUT2D eigenvalue weighted by Crippen LogP contribution is 2.26. The summed E-state index contributed by atoms with van der Waals surface area (Å²) in [5.74, 6) is 0. The second-order valence-corrected chi connectivity index (χ2v) is 6.18. The fourth-order valence-corrected chi connectivity index (χ4v) is 2.90.